The molecule has 0 bridgehead atoms. The highest BCUT2D eigenvalue weighted by molar-refractivity contribution is 6.17. The topological polar surface area (TPSA) is 16.1 Å². The lowest BCUT2D eigenvalue weighted by Gasteiger charge is -2.30. The first-order chi connectivity index (χ1) is 9.28. The van der Waals surface area contributed by atoms with Gasteiger partial charge in [0.1, 0.15) is 5.82 Å². The highest BCUT2D eigenvalue weighted by Gasteiger charge is 2.34. The molecule has 1 aromatic heterocycles. The number of rotatable bonds is 3. The Morgan fingerprint density at radius 3 is 2.74 bits per heavy atom. The molecule has 2 heterocycles. The van der Waals surface area contributed by atoms with Gasteiger partial charge < -0.3 is 4.90 Å². The van der Waals surface area contributed by atoms with Crippen molar-refractivity contribution in [2.45, 2.75) is 57.4 Å². The molecule has 104 valence electrons. The van der Waals surface area contributed by atoms with Gasteiger partial charge in [-0.05, 0) is 56.2 Å². The highest BCUT2D eigenvalue weighted by Crippen LogP contribution is 2.37. The maximum Gasteiger partial charge on any atom is 0.129 e. The fourth-order valence-electron chi connectivity index (χ4n) is 3.85. The van der Waals surface area contributed by atoms with E-state index in [-0.39, 0.29) is 0 Å². The minimum Gasteiger partial charge on any atom is -0.353 e. The Bertz CT molecular complexity index is 440. The van der Waals surface area contributed by atoms with Gasteiger partial charge in [-0.1, -0.05) is 12.8 Å². The number of pyridine rings is 1. The van der Waals surface area contributed by atoms with Crippen LogP contribution in [0.4, 0.5) is 5.82 Å². The number of hydrogen-bond donors (Lipinski definition) is 0. The normalized spacial score (nSPS) is 24.3. The second-order valence-electron chi connectivity index (χ2n) is 6.06. The molecular weight excluding hydrogens is 256 g/mol. The van der Waals surface area contributed by atoms with Crippen molar-refractivity contribution in [1.29, 1.82) is 0 Å². The molecule has 3 heteroatoms. The van der Waals surface area contributed by atoms with Crippen LogP contribution in [0.1, 0.15) is 49.8 Å². The zero-order valence-corrected chi connectivity index (χ0v) is 12.5. The largest absolute Gasteiger partial charge is 0.353 e. The molecule has 2 fully saturated rings. The molecule has 0 aromatic carbocycles. The van der Waals surface area contributed by atoms with Crippen LogP contribution in [0.5, 0.6) is 0 Å². The summed E-state index contributed by atoms with van der Waals surface area (Å²) in [6, 6.07) is 5.00. The number of hydrogen-bond acceptors (Lipinski definition) is 2. The number of halogens is 1. The number of aromatic nitrogens is 1. The van der Waals surface area contributed by atoms with Crippen LogP contribution in [0.2, 0.25) is 0 Å². The molecule has 1 unspecified atom stereocenters. The zero-order valence-electron chi connectivity index (χ0n) is 11.7. The van der Waals surface area contributed by atoms with Crippen LogP contribution >= 0.6 is 11.6 Å². The van der Waals surface area contributed by atoms with E-state index in [2.05, 4.69) is 24.0 Å². The van der Waals surface area contributed by atoms with Crippen molar-refractivity contribution in [3.63, 3.8) is 0 Å². The van der Waals surface area contributed by atoms with Gasteiger partial charge in [-0.3, -0.25) is 0 Å². The molecule has 0 radical (unpaired) electrons. The van der Waals surface area contributed by atoms with E-state index in [1.165, 1.54) is 50.6 Å². The van der Waals surface area contributed by atoms with Crippen molar-refractivity contribution in [3.05, 3.63) is 23.4 Å². The van der Waals surface area contributed by atoms with E-state index < -0.39 is 0 Å². The SMILES string of the molecule is Cc1cc(CCl)cc(N2CCCC2C2CCCC2)n1. The summed E-state index contributed by atoms with van der Waals surface area (Å²) in [7, 11) is 0. The van der Waals surface area contributed by atoms with Gasteiger partial charge in [-0.15, -0.1) is 11.6 Å². The second kappa shape index (κ2) is 5.70. The third-order valence-electron chi connectivity index (χ3n) is 4.69. The molecule has 1 aliphatic heterocycles. The summed E-state index contributed by atoms with van der Waals surface area (Å²) in [4.78, 5) is 7.31. The van der Waals surface area contributed by atoms with E-state index in [9.17, 15) is 0 Å². The van der Waals surface area contributed by atoms with Gasteiger partial charge in [0.2, 0.25) is 0 Å². The first-order valence-corrected chi connectivity index (χ1v) is 8.11. The fourth-order valence-corrected chi connectivity index (χ4v) is 4.01. The average Bonchev–Trinajstić information content (AvgIpc) is 3.08. The van der Waals surface area contributed by atoms with Crippen molar-refractivity contribution in [2.24, 2.45) is 5.92 Å². The van der Waals surface area contributed by atoms with Gasteiger partial charge in [0.25, 0.3) is 0 Å². The fraction of sp³-hybridized carbons (Fsp3) is 0.688. The predicted molar refractivity (Wildman–Crippen MR) is 80.9 cm³/mol. The van der Waals surface area contributed by atoms with Crippen LogP contribution in [0.25, 0.3) is 0 Å². The molecule has 1 aliphatic carbocycles. The Morgan fingerprint density at radius 1 is 1.21 bits per heavy atom. The number of alkyl halides is 1. The Morgan fingerprint density at radius 2 is 2.00 bits per heavy atom. The Hall–Kier alpha value is -0.760. The lowest BCUT2D eigenvalue weighted by Crippen LogP contribution is -2.35. The van der Waals surface area contributed by atoms with Crippen LogP contribution in [0, 0.1) is 12.8 Å². The number of nitrogens with zero attached hydrogens (tertiary/aromatic N) is 2. The lowest BCUT2D eigenvalue weighted by atomic mass is 9.96. The second-order valence-corrected chi connectivity index (χ2v) is 6.32. The molecule has 1 saturated carbocycles. The standard InChI is InChI=1S/C16H23ClN2/c1-12-9-13(11-17)10-16(18-12)19-8-4-7-15(19)14-5-2-3-6-14/h9-10,14-15H,2-8,11H2,1H3. The minimum atomic E-state index is 0.582. The van der Waals surface area contributed by atoms with Crippen molar-refractivity contribution in [3.8, 4) is 0 Å². The smallest absolute Gasteiger partial charge is 0.129 e. The maximum absolute atomic E-state index is 5.99. The van der Waals surface area contributed by atoms with Crippen molar-refractivity contribution < 1.29 is 0 Å². The highest BCUT2D eigenvalue weighted by atomic mass is 35.5. The van der Waals surface area contributed by atoms with E-state index in [1.54, 1.807) is 0 Å². The Labute approximate surface area is 121 Å². The third-order valence-corrected chi connectivity index (χ3v) is 5.00. The molecule has 1 atom stereocenters. The summed E-state index contributed by atoms with van der Waals surface area (Å²) >= 11 is 5.99. The van der Waals surface area contributed by atoms with E-state index >= 15 is 0 Å². The van der Waals surface area contributed by atoms with Gasteiger partial charge in [-0.25, -0.2) is 4.98 Å². The van der Waals surface area contributed by atoms with Gasteiger partial charge in [0, 0.05) is 24.2 Å². The summed E-state index contributed by atoms with van der Waals surface area (Å²) in [6.07, 6.45) is 8.32. The van der Waals surface area contributed by atoms with Crippen LogP contribution in [0.3, 0.4) is 0 Å². The van der Waals surface area contributed by atoms with Crippen molar-refractivity contribution in [1.82, 2.24) is 4.98 Å². The van der Waals surface area contributed by atoms with Gasteiger partial charge >= 0.3 is 0 Å². The monoisotopic (exact) mass is 278 g/mol. The zero-order chi connectivity index (χ0) is 13.2. The molecule has 2 aliphatic rings. The molecule has 1 aromatic rings. The summed E-state index contributed by atoms with van der Waals surface area (Å²) in [5.74, 6) is 2.63. The van der Waals surface area contributed by atoms with E-state index in [0.29, 0.717) is 5.88 Å². The first kappa shape index (κ1) is 13.2. The third kappa shape index (κ3) is 2.74. The van der Waals surface area contributed by atoms with Crippen LogP contribution < -0.4 is 4.90 Å². The molecule has 0 spiro atoms. The van der Waals surface area contributed by atoms with Gasteiger partial charge in [0.15, 0.2) is 0 Å². The Balaban J connectivity index is 1.85. The molecule has 19 heavy (non-hydrogen) atoms. The molecular formula is C16H23ClN2. The summed E-state index contributed by atoms with van der Waals surface area (Å²) in [6.45, 7) is 3.24. The molecule has 0 N–H and O–H groups in total. The van der Waals surface area contributed by atoms with Crippen LogP contribution in [-0.2, 0) is 5.88 Å². The van der Waals surface area contributed by atoms with Gasteiger partial charge in [-0.2, -0.15) is 0 Å². The molecule has 3 rings (SSSR count). The van der Waals surface area contributed by atoms with E-state index in [1.807, 2.05) is 0 Å². The lowest BCUT2D eigenvalue weighted by molar-refractivity contribution is 0.429. The van der Waals surface area contributed by atoms with Gasteiger partial charge in [0.05, 0.1) is 0 Å². The number of anilines is 1. The summed E-state index contributed by atoms with van der Waals surface area (Å²) < 4.78 is 0. The maximum atomic E-state index is 5.99. The molecule has 2 nitrogen and oxygen atoms in total. The van der Waals surface area contributed by atoms with Crippen molar-refractivity contribution in [2.75, 3.05) is 11.4 Å². The summed E-state index contributed by atoms with van der Waals surface area (Å²) in [5, 5.41) is 0. The summed E-state index contributed by atoms with van der Waals surface area (Å²) in [5.41, 5.74) is 2.28. The number of aryl methyl sites for hydroxylation is 1. The van der Waals surface area contributed by atoms with E-state index in [0.717, 1.165) is 23.5 Å². The quantitative estimate of drug-likeness (QED) is 0.767. The van der Waals surface area contributed by atoms with Crippen LogP contribution in [0.15, 0.2) is 12.1 Å². The minimum absolute atomic E-state index is 0.582. The molecule has 0 amide bonds. The van der Waals surface area contributed by atoms with Crippen LogP contribution in [-0.4, -0.2) is 17.6 Å². The van der Waals surface area contributed by atoms with Crippen molar-refractivity contribution >= 4 is 17.4 Å². The van der Waals surface area contributed by atoms with E-state index in [4.69, 9.17) is 16.6 Å². The molecule has 1 saturated heterocycles. The first-order valence-electron chi connectivity index (χ1n) is 7.58. The Kier molecular flexibility index (Phi) is 3.97. The average molecular weight is 279 g/mol. The predicted octanol–water partition coefficient (Wildman–Crippen LogP) is 4.29.